The number of aliphatic hydroxyl groups is 1. The Morgan fingerprint density at radius 3 is 2.37 bits per heavy atom. The van der Waals surface area contributed by atoms with Crippen LogP contribution in [0.1, 0.15) is 25.0 Å². The van der Waals surface area contributed by atoms with E-state index >= 15 is 0 Å². The van der Waals surface area contributed by atoms with Gasteiger partial charge in [0.05, 0.1) is 0 Å². The molecule has 0 atom stereocenters. The zero-order valence-corrected chi connectivity index (χ0v) is 17.8. The van der Waals surface area contributed by atoms with Crippen LogP contribution in [-0.4, -0.2) is 8.62 Å². The van der Waals surface area contributed by atoms with E-state index in [0.29, 0.717) is 6.10 Å². The minimum atomic E-state index is -0.159. The van der Waals surface area contributed by atoms with Crippen molar-refractivity contribution in [2.45, 2.75) is 20.8 Å². The summed E-state index contributed by atoms with van der Waals surface area (Å²) in [6.07, 6.45) is 4.72. The van der Waals surface area contributed by atoms with Crippen LogP contribution in [0.2, 0.25) is 0 Å². The fourth-order valence-electron chi connectivity index (χ4n) is 1.82. The third kappa shape index (κ3) is 4.32. The fraction of sp³-hybridized carbons (Fsp3) is 0.250. The van der Waals surface area contributed by atoms with Gasteiger partial charge in [0.2, 0.25) is 0 Å². The van der Waals surface area contributed by atoms with E-state index in [1.807, 2.05) is 19.9 Å². The first-order valence-electron chi connectivity index (χ1n) is 6.10. The molecule has 1 aliphatic rings. The normalized spacial score (nSPS) is 14.2. The monoisotopic (exact) mass is 591 g/mol. The maximum absolute atomic E-state index is 9.97. The molecule has 1 heterocycles. The predicted octanol–water partition coefficient (Wildman–Crippen LogP) is 4.50. The van der Waals surface area contributed by atoms with Crippen LogP contribution in [0.5, 0.6) is 0 Å². The third-order valence-electron chi connectivity index (χ3n) is 2.94. The largest absolute Gasteiger partial charge is 0.425 e. The molecule has 19 heavy (non-hydrogen) atoms. The van der Waals surface area contributed by atoms with Crippen molar-refractivity contribution < 1.29 is 36.2 Å². The molecule has 0 amide bonds. The molecule has 1 aromatic carbocycles. The van der Waals surface area contributed by atoms with Crippen LogP contribution in [0.15, 0.2) is 46.1 Å². The summed E-state index contributed by atoms with van der Waals surface area (Å²) >= 11 is -0.159. The molecule has 0 aromatic heterocycles. The Balaban J connectivity index is 0.00000180. The second kappa shape index (κ2) is 7.83. The Labute approximate surface area is 149 Å². The first-order chi connectivity index (χ1) is 8.59. The molecule has 0 aliphatic carbocycles. The summed E-state index contributed by atoms with van der Waals surface area (Å²) in [6.45, 7) is 6.18. The van der Waals surface area contributed by atoms with Gasteiger partial charge in [0, 0.05) is 31.1 Å². The van der Waals surface area contributed by atoms with Crippen molar-refractivity contribution in [2.24, 2.45) is 5.92 Å². The summed E-state index contributed by atoms with van der Waals surface area (Å²) < 4.78 is 3.64. The number of allylic oxidation sites excluding steroid dienone is 1. The number of halogens is 1. The molecule has 1 N–H and O–H groups in total. The van der Waals surface area contributed by atoms with E-state index in [0.717, 1.165) is 5.57 Å². The van der Waals surface area contributed by atoms with Crippen molar-refractivity contribution in [2.75, 3.05) is 0 Å². The van der Waals surface area contributed by atoms with Crippen molar-refractivity contribution in [1.29, 1.82) is 0 Å². The summed E-state index contributed by atoms with van der Waals surface area (Å²) in [5.41, 5.74) is 3.68. The summed E-state index contributed by atoms with van der Waals surface area (Å²) in [7, 11) is 0. The number of benzene rings is 1. The minimum absolute atomic E-state index is 0. The smallest absolute Gasteiger partial charge is 0 e. The van der Waals surface area contributed by atoms with E-state index in [-0.39, 0.29) is 57.8 Å². The molecule has 0 saturated heterocycles. The van der Waals surface area contributed by atoms with Gasteiger partial charge >= 0.3 is 0 Å². The molecule has 0 fully saturated rings. The molecule has 100 valence electrons. The van der Waals surface area contributed by atoms with E-state index in [1.54, 1.807) is 0 Å². The Bertz CT molecular complexity index is 529. The van der Waals surface area contributed by atoms with Crippen molar-refractivity contribution in [3.05, 3.63) is 63.3 Å². The van der Waals surface area contributed by atoms with Gasteiger partial charge in [0.25, 0.3) is 0 Å². The number of rotatable bonds is 3. The SMILES string of the molecule is Cc1ccccc1C1=IC=C([C-](O)C(C)C)C=C1.[U]. The molecule has 0 saturated carbocycles. The minimum Gasteiger partial charge on any atom is -0.425 e. The van der Waals surface area contributed by atoms with Gasteiger partial charge in [-0.3, -0.25) is 0 Å². The molecule has 1 aromatic rings. The molecule has 0 unspecified atom stereocenters. The van der Waals surface area contributed by atoms with E-state index < -0.39 is 0 Å². The van der Waals surface area contributed by atoms with Crippen LogP contribution >= 0.6 is 20.7 Å². The number of hydrogen-bond acceptors (Lipinski definition) is 1. The summed E-state index contributed by atoms with van der Waals surface area (Å²) in [5.74, 6) is 0.199. The topological polar surface area (TPSA) is 20.2 Å². The summed E-state index contributed by atoms with van der Waals surface area (Å²) in [5, 5.41) is 9.97. The molecule has 1 aliphatic heterocycles. The van der Waals surface area contributed by atoms with E-state index in [1.165, 1.54) is 14.6 Å². The van der Waals surface area contributed by atoms with Gasteiger partial charge in [0.15, 0.2) is 0 Å². The van der Waals surface area contributed by atoms with Gasteiger partial charge in [-0.15, -0.1) is 10.2 Å². The summed E-state index contributed by atoms with van der Waals surface area (Å²) in [6, 6.07) is 8.49. The standard InChI is InChI=1S/C16H18IO.U/c1-11(2)16(18)13-8-9-15(17-10-13)14-7-5-4-6-12(14)3;/h4-11,18H,1-3H3;/q-1;. The molecule has 0 spiro atoms. The van der Waals surface area contributed by atoms with Crippen LogP contribution in [0, 0.1) is 50.1 Å². The van der Waals surface area contributed by atoms with Gasteiger partial charge < -0.3 is 5.11 Å². The fourth-order valence-corrected chi connectivity index (χ4v) is 4.34. The maximum Gasteiger partial charge on any atom is 0 e. The van der Waals surface area contributed by atoms with Crippen molar-refractivity contribution in [3.8, 4) is 0 Å². The van der Waals surface area contributed by atoms with Crippen LogP contribution in [0.25, 0.3) is 0 Å². The maximum atomic E-state index is 9.97. The first-order valence-corrected chi connectivity index (χ1v) is 8.43. The van der Waals surface area contributed by atoms with Gasteiger partial charge in [0.1, 0.15) is 0 Å². The van der Waals surface area contributed by atoms with Crippen molar-refractivity contribution in [3.63, 3.8) is 0 Å². The van der Waals surface area contributed by atoms with Gasteiger partial charge in [-0.25, -0.2) is 0 Å². The molecule has 0 radical (unpaired) electrons. The van der Waals surface area contributed by atoms with E-state index in [2.05, 4.69) is 41.3 Å². The number of aryl methyl sites for hydroxylation is 1. The van der Waals surface area contributed by atoms with Crippen LogP contribution in [-0.2, 0) is 0 Å². The molecule has 1 nitrogen and oxygen atoms in total. The third-order valence-corrected chi connectivity index (χ3v) is 5.54. The molecule has 3 heteroatoms. The molecular formula is C16H18IOU-. The van der Waals surface area contributed by atoms with Gasteiger partial charge in [-0.1, -0.05) is 44.2 Å². The molecule has 2 rings (SSSR count). The predicted molar refractivity (Wildman–Crippen MR) is 86.5 cm³/mol. The Morgan fingerprint density at radius 2 is 1.84 bits per heavy atom. The Hall–Kier alpha value is 0.182. The Kier molecular flexibility index (Phi) is 7.10. The molecular weight excluding hydrogens is 573 g/mol. The average molecular weight is 591 g/mol. The van der Waals surface area contributed by atoms with Gasteiger partial charge in [-0.2, -0.15) is 32.4 Å². The summed E-state index contributed by atoms with van der Waals surface area (Å²) in [4.78, 5) is 0. The van der Waals surface area contributed by atoms with Crippen LogP contribution in [0.3, 0.4) is 0 Å². The molecule has 0 bridgehead atoms. The van der Waals surface area contributed by atoms with E-state index in [4.69, 9.17) is 0 Å². The second-order valence-corrected chi connectivity index (χ2v) is 7.12. The first kappa shape index (κ1) is 17.2. The van der Waals surface area contributed by atoms with Crippen molar-refractivity contribution in [1.82, 2.24) is 0 Å². The van der Waals surface area contributed by atoms with Crippen molar-refractivity contribution >= 4 is 24.2 Å². The average Bonchev–Trinajstić information content (AvgIpc) is 2.38. The van der Waals surface area contributed by atoms with E-state index in [9.17, 15) is 5.11 Å². The number of aliphatic hydroxyl groups excluding tert-OH is 1. The second-order valence-electron chi connectivity index (χ2n) is 4.71. The zero-order chi connectivity index (χ0) is 13.1. The number of hydrogen-bond donors (Lipinski definition) is 1. The quantitative estimate of drug-likeness (QED) is 0.406. The Morgan fingerprint density at radius 1 is 1.16 bits per heavy atom. The van der Waals surface area contributed by atoms with Crippen LogP contribution < -0.4 is 0 Å². The van der Waals surface area contributed by atoms with Gasteiger partial charge in [-0.05, 0) is 27.5 Å². The van der Waals surface area contributed by atoms with Crippen LogP contribution in [0.4, 0.5) is 0 Å². The zero-order valence-electron chi connectivity index (χ0n) is 11.4.